The van der Waals surface area contributed by atoms with E-state index < -0.39 is 7.14 Å². The summed E-state index contributed by atoms with van der Waals surface area (Å²) in [5.41, 5.74) is 9.59. The molecule has 2 aromatic heterocycles. The van der Waals surface area contributed by atoms with Gasteiger partial charge in [-0.15, -0.1) is 0 Å². The first kappa shape index (κ1) is 37.2. The van der Waals surface area contributed by atoms with E-state index in [1.807, 2.05) is 115 Å². The number of pyridine rings is 1. The van der Waals surface area contributed by atoms with Crippen molar-refractivity contribution in [1.82, 2.24) is 15.0 Å². The Kier molecular flexibility index (Phi) is 9.41. The molecule has 0 N–H and O–H groups in total. The van der Waals surface area contributed by atoms with Gasteiger partial charge < -0.3 is 4.57 Å². The molecule has 2 heterocycles. The highest BCUT2D eigenvalue weighted by molar-refractivity contribution is 7.85. The fraction of sp³-hybridized carbons (Fsp3) is 0. The number of hydrogen-bond acceptors (Lipinski definition) is 4. The first-order valence-corrected chi connectivity index (χ1v) is 22.5. The SMILES string of the molecule is O=P(c1ccccc1)(c1ccccc1)c1cccc(-c2nc3ccccc3c3c2cc(-c2ccc(-c4cc(-c5ccccc5)nc(-c5ccccc5)n4)cc2)c2ccccc23)c1. The largest absolute Gasteiger partial charge is 0.309 e. The van der Waals surface area contributed by atoms with E-state index in [9.17, 15) is 0 Å². The fourth-order valence-corrected chi connectivity index (χ4v) is 11.4. The van der Waals surface area contributed by atoms with Crippen LogP contribution in [0.25, 0.3) is 88.7 Å². The van der Waals surface area contributed by atoms with Crippen molar-refractivity contribution in [3.63, 3.8) is 0 Å². The van der Waals surface area contributed by atoms with E-state index in [0.717, 1.165) is 98.8 Å². The number of nitrogens with zero attached hydrogens (tertiary/aromatic N) is 3. The van der Waals surface area contributed by atoms with E-state index in [0.29, 0.717) is 5.82 Å². The Balaban J connectivity index is 1.09. The summed E-state index contributed by atoms with van der Waals surface area (Å²) < 4.78 is 15.6. The summed E-state index contributed by atoms with van der Waals surface area (Å²) in [4.78, 5) is 15.5. The van der Waals surface area contributed by atoms with Crippen LogP contribution in [0, 0.1) is 0 Å². The third-order valence-electron chi connectivity index (χ3n) is 11.7. The van der Waals surface area contributed by atoms with E-state index >= 15 is 4.57 Å². The van der Waals surface area contributed by atoms with Gasteiger partial charge in [0, 0.05) is 54.3 Å². The van der Waals surface area contributed by atoms with Crippen LogP contribution >= 0.6 is 7.14 Å². The Morgan fingerprint density at radius 1 is 0.323 bits per heavy atom. The lowest BCUT2D eigenvalue weighted by Crippen LogP contribution is -2.25. The molecule has 62 heavy (non-hydrogen) atoms. The zero-order chi connectivity index (χ0) is 41.5. The molecule has 4 nitrogen and oxygen atoms in total. The highest BCUT2D eigenvalue weighted by atomic mass is 31.2. The van der Waals surface area contributed by atoms with Gasteiger partial charge in [-0.1, -0.05) is 206 Å². The number of fused-ring (bicyclic) bond motifs is 5. The smallest absolute Gasteiger partial charge is 0.171 e. The van der Waals surface area contributed by atoms with Gasteiger partial charge in [-0.2, -0.15) is 0 Å². The lowest BCUT2D eigenvalue weighted by atomic mass is 9.89. The fourth-order valence-electron chi connectivity index (χ4n) is 8.74. The van der Waals surface area contributed by atoms with Gasteiger partial charge in [0.2, 0.25) is 0 Å². The van der Waals surface area contributed by atoms with Crippen LogP contribution in [0.2, 0.25) is 0 Å². The molecule has 0 aliphatic rings. The first-order chi connectivity index (χ1) is 30.6. The van der Waals surface area contributed by atoms with Crippen LogP contribution in [-0.4, -0.2) is 15.0 Å². The number of hydrogen-bond donors (Lipinski definition) is 0. The Morgan fingerprint density at radius 2 is 0.806 bits per heavy atom. The molecule has 0 aliphatic heterocycles. The number of benzene rings is 9. The highest BCUT2D eigenvalue weighted by Gasteiger charge is 2.30. The molecule has 0 aliphatic carbocycles. The predicted molar refractivity (Wildman–Crippen MR) is 259 cm³/mol. The molecule has 0 unspecified atom stereocenters. The average Bonchev–Trinajstić information content (AvgIpc) is 3.36. The summed E-state index contributed by atoms with van der Waals surface area (Å²) in [6, 6.07) is 78.4. The van der Waals surface area contributed by atoms with E-state index in [4.69, 9.17) is 15.0 Å². The molecular weight excluding hydrogens is 774 g/mol. The Bertz CT molecular complexity index is 3370. The third-order valence-corrected chi connectivity index (χ3v) is 14.8. The van der Waals surface area contributed by atoms with E-state index in [1.165, 1.54) is 0 Å². The molecular formula is C57H38N3OP. The highest BCUT2D eigenvalue weighted by Crippen LogP contribution is 2.45. The summed E-state index contributed by atoms with van der Waals surface area (Å²) >= 11 is 0. The van der Waals surface area contributed by atoms with E-state index in [1.54, 1.807) is 0 Å². The molecule has 0 radical (unpaired) electrons. The normalized spacial score (nSPS) is 11.6. The van der Waals surface area contributed by atoms with Crippen molar-refractivity contribution in [3.8, 4) is 56.3 Å². The van der Waals surface area contributed by atoms with E-state index in [-0.39, 0.29) is 0 Å². The van der Waals surface area contributed by atoms with Crippen molar-refractivity contribution >= 4 is 55.5 Å². The zero-order valence-corrected chi connectivity index (χ0v) is 34.5. The van der Waals surface area contributed by atoms with Crippen molar-refractivity contribution in [2.24, 2.45) is 0 Å². The average molecular weight is 812 g/mol. The van der Waals surface area contributed by atoms with Crippen LogP contribution in [0.3, 0.4) is 0 Å². The summed E-state index contributed by atoms with van der Waals surface area (Å²) in [7, 11) is -3.24. The van der Waals surface area contributed by atoms with Crippen LogP contribution in [0.1, 0.15) is 0 Å². The summed E-state index contributed by atoms with van der Waals surface area (Å²) in [6.07, 6.45) is 0. The minimum atomic E-state index is -3.24. The van der Waals surface area contributed by atoms with Gasteiger partial charge in [-0.05, 0) is 46.2 Å². The van der Waals surface area contributed by atoms with E-state index in [2.05, 4.69) is 115 Å². The molecule has 9 aromatic carbocycles. The monoisotopic (exact) mass is 811 g/mol. The summed E-state index contributed by atoms with van der Waals surface area (Å²) in [5.74, 6) is 0.687. The number of aromatic nitrogens is 3. The van der Waals surface area contributed by atoms with Crippen molar-refractivity contribution in [2.45, 2.75) is 0 Å². The molecule has 0 spiro atoms. The Labute approximate surface area is 360 Å². The third kappa shape index (κ3) is 6.59. The van der Waals surface area contributed by atoms with Gasteiger partial charge in [0.05, 0.1) is 22.6 Å². The van der Waals surface area contributed by atoms with Gasteiger partial charge in [0.25, 0.3) is 0 Å². The number of para-hydroxylation sites is 1. The molecule has 0 atom stereocenters. The van der Waals surface area contributed by atoms with Gasteiger partial charge in [-0.3, -0.25) is 0 Å². The van der Waals surface area contributed by atoms with Crippen molar-refractivity contribution in [3.05, 3.63) is 231 Å². The standard InChI is InChI=1S/C57H38N3OP/c61-62(44-23-9-3-10-24-44,45-25-11-4-12-26-45)46-27-17-22-43(36-46)56-51-37-50(47-28-13-14-29-48(47)55(51)49-30-15-16-31-52(49)58-56)39-32-34-41(35-33-39)54-38-53(40-18-5-1-6-19-40)59-57(60-54)42-20-7-2-8-21-42/h1-38H. The van der Waals surface area contributed by atoms with Crippen LogP contribution in [0.4, 0.5) is 0 Å². The minimum absolute atomic E-state index is 0.687. The van der Waals surface area contributed by atoms with Crippen molar-refractivity contribution < 1.29 is 4.57 Å². The van der Waals surface area contributed by atoms with Crippen LogP contribution in [0.15, 0.2) is 231 Å². The lowest BCUT2D eigenvalue weighted by molar-refractivity contribution is 0.592. The molecule has 11 aromatic rings. The molecule has 0 saturated carbocycles. The molecule has 5 heteroatoms. The second-order valence-corrected chi connectivity index (χ2v) is 18.2. The molecule has 11 rings (SSSR count). The quantitative estimate of drug-likeness (QED) is 0.113. The van der Waals surface area contributed by atoms with Crippen LogP contribution < -0.4 is 15.9 Å². The topological polar surface area (TPSA) is 55.7 Å². The number of rotatable bonds is 8. The minimum Gasteiger partial charge on any atom is -0.309 e. The molecule has 0 amide bonds. The van der Waals surface area contributed by atoms with Gasteiger partial charge in [0.1, 0.15) is 0 Å². The van der Waals surface area contributed by atoms with Crippen LogP contribution in [-0.2, 0) is 4.57 Å². The van der Waals surface area contributed by atoms with Crippen molar-refractivity contribution in [1.29, 1.82) is 0 Å². The second-order valence-electron chi connectivity index (χ2n) is 15.5. The van der Waals surface area contributed by atoms with Gasteiger partial charge >= 0.3 is 0 Å². The van der Waals surface area contributed by atoms with Gasteiger partial charge in [0.15, 0.2) is 13.0 Å². The predicted octanol–water partition coefficient (Wildman–Crippen LogP) is 13.3. The first-order valence-electron chi connectivity index (χ1n) is 20.8. The van der Waals surface area contributed by atoms with Gasteiger partial charge in [-0.25, -0.2) is 15.0 Å². The Morgan fingerprint density at radius 3 is 1.45 bits per heavy atom. The molecule has 0 fully saturated rings. The lowest BCUT2D eigenvalue weighted by Gasteiger charge is -2.21. The molecule has 292 valence electrons. The summed E-state index contributed by atoms with van der Waals surface area (Å²) in [6.45, 7) is 0. The molecule has 0 saturated heterocycles. The van der Waals surface area contributed by atoms with Crippen molar-refractivity contribution in [2.75, 3.05) is 0 Å². The zero-order valence-electron chi connectivity index (χ0n) is 33.6. The maximum Gasteiger partial charge on any atom is 0.171 e. The second kappa shape index (κ2) is 15.7. The molecule has 0 bridgehead atoms. The maximum absolute atomic E-state index is 15.6. The Hall–Kier alpha value is -7.78. The van der Waals surface area contributed by atoms with Crippen LogP contribution in [0.5, 0.6) is 0 Å². The summed E-state index contributed by atoms with van der Waals surface area (Å²) in [5, 5.41) is 7.93. The maximum atomic E-state index is 15.6.